The van der Waals surface area contributed by atoms with Gasteiger partial charge in [-0.2, -0.15) is 5.10 Å². The number of aromatic nitrogens is 4. The Balaban J connectivity index is 0.000000243. The highest BCUT2D eigenvalue weighted by Crippen LogP contribution is 2.34. The third kappa shape index (κ3) is 9.85. The smallest absolute Gasteiger partial charge is 0.423 e. The number of nitrogens with two attached hydrogens (primary N) is 1. The maximum atomic E-state index is 14.1. The van der Waals surface area contributed by atoms with Gasteiger partial charge in [0, 0.05) is 38.8 Å². The number of piperidine rings is 1. The predicted octanol–water partition coefficient (Wildman–Crippen LogP) is 4.55. The maximum absolute atomic E-state index is 14.1. The number of anilines is 1. The highest BCUT2D eigenvalue weighted by molar-refractivity contribution is 6.58. The fourth-order valence-corrected chi connectivity index (χ4v) is 6.67. The molecule has 4 aromatic carbocycles. The lowest BCUT2D eigenvalue weighted by Gasteiger charge is -2.32. The zero-order valence-electron chi connectivity index (χ0n) is 32.2. The van der Waals surface area contributed by atoms with Crippen molar-refractivity contribution >= 4 is 47.2 Å². The summed E-state index contributed by atoms with van der Waals surface area (Å²) >= 11 is 0. The molecule has 0 radical (unpaired) electrons. The van der Waals surface area contributed by atoms with Crippen molar-refractivity contribution in [1.29, 1.82) is 0 Å². The van der Waals surface area contributed by atoms with Gasteiger partial charge in [-0.25, -0.2) is 32.2 Å². The zero-order chi connectivity index (χ0) is 43.1. The molecule has 1 aliphatic heterocycles. The van der Waals surface area contributed by atoms with E-state index < -0.39 is 42.2 Å². The summed E-state index contributed by atoms with van der Waals surface area (Å²) in [6.45, 7) is 5.03. The zero-order valence-corrected chi connectivity index (χ0v) is 32.2. The Morgan fingerprint density at radius 3 is 2.20 bits per heavy atom. The maximum Gasteiger partial charge on any atom is 0.488 e. The number of nitrogen functional groups attached to an aromatic ring is 1. The van der Waals surface area contributed by atoms with E-state index in [1.54, 1.807) is 17.0 Å². The quantitative estimate of drug-likeness (QED) is 0.0877. The summed E-state index contributed by atoms with van der Waals surface area (Å²) in [4.78, 5) is 48.4. The molecule has 0 unspecified atom stereocenters. The molecule has 18 heteroatoms. The van der Waals surface area contributed by atoms with Crippen LogP contribution in [0.15, 0.2) is 104 Å². The van der Waals surface area contributed by atoms with E-state index in [1.165, 1.54) is 36.5 Å². The average Bonchev–Trinajstić information content (AvgIpc) is 3.65. The molecule has 1 fully saturated rings. The van der Waals surface area contributed by atoms with Gasteiger partial charge in [-0.3, -0.25) is 14.4 Å². The minimum Gasteiger partial charge on any atom is -0.423 e. The molecule has 1 atom stereocenters. The van der Waals surface area contributed by atoms with Crippen LogP contribution in [0.4, 0.5) is 23.4 Å². The standard InChI is InChI=1S/C28H27F2N7O2.C14H12BF2NO3/c1-3-23(38)36-12-4-5-20(15-36)37-27-24(26(31)32-16-33-27)25(34-37)18-8-6-17(7-9-18)14-35(2)28(39)21-13-19(29)10-11-22(21)30;16-11-5-6-13(17)12(7-11)14(19)18-8-9-1-3-10(4-2-9)15(20)21/h3,6-11,13,16,20H,1,4-5,12,14-15H2,2H3,(H2,31,32,33);1-7,20-21H,8H2,(H,18,19)/t20-;/m1./s1. The van der Waals surface area contributed by atoms with E-state index in [4.69, 9.17) is 20.9 Å². The monoisotopic (exact) mass is 822 g/mol. The van der Waals surface area contributed by atoms with Crippen molar-refractivity contribution in [2.45, 2.75) is 32.0 Å². The van der Waals surface area contributed by atoms with Gasteiger partial charge < -0.3 is 30.9 Å². The number of nitrogens with zero attached hydrogens (tertiary/aromatic N) is 6. The summed E-state index contributed by atoms with van der Waals surface area (Å²) in [7, 11) is -0.0340. The van der Waals surface area contributed by atoms with Crippen LogP contribution in [0.2, 0.25) is 0 Å². The summed E-state index contributed by atoms with van der Waals surface area (Å²) in [6, 6.07) is 18.9. The molecule has 60 heavy (non-hydrogen) atoms. The fourth-order valence-electron chi connectivity index (χ4n) is 6.67. The second-order valence-corrected chi connectivity index (χ2v) is 13.9. The van der Waals surface area contributed by atoms with E-state index in [2.05, 4.69) is 21.9 Å². The van der Waals surface area contributed by atoms with E-state index in [0.29, 0.717) is 46.7 Å². The van der Waals surface area contributed by atoms with Crippen LogP contribution in [0.3, 0.4) is 0 Å². The molecule has 3 amide bonds. The normalized spacial score (nSPS) is 13.6. The molecule has 1 aliphatic rings. The topological polar surface area (TPSA) is 180 Å². The molecule has 6 aromatic rings. The first-order chi connectivity index (χ1) is 28.7. The van der Waals surface area contributed by atoms with E-state index in [9.17, 15) is 31.9 Å². The van der Waals surface area contributed by atoms with Gasteiger partial charge >= 0.3 is 7.12 Å². The van der Waals surface area contributed by atoms with Gasteiger partial charge in [-0.1, -0.05) is 55.1 Å². The Morgan fingerprint density at radius 1 is 0.917 bits per heavy atom. The fraction of sp³-hybridized carbons (Fsp3) is 0.190. The SMILES string of the molecule is C=CC(=O)N1CCC[C@@H](n2nc(-c3ccc(CN(C)C(=O)c4cc(F)ccc4F)cc3)c3c(N)ncnc32)C1.O=C(NCc1ccc(B(O)O)cc1)c1cc(F)ccc1F. The average molecular weight is 823 g/mol. The van der Waals surface area contributed by atoms with Gasteiger partial charge in [-0.15, -0.1) is 0 Å². The number of hydrogen-bond acceptors (Lipinski definition) is 9. The van der Waals surface area contributed by atoms with E-state index >= 15 is 0 Å². The van der Waals surface area contributed by atoms with Crippen LogP contribution >= 0.6 is 0 Å². The molecule has 3 heterocycles. The first kappa shape index (κ1) is 42.7. The molecule has 7 rings (SSSR count). The van der Waals surface area contributed by atoms with Crippen LogP contribution < -0.4 is 16.5 Å². The first-order valence-electron chi connectivity index (χ1n) is 18.6. The van der Waals surface area contributed by atoms with Crippen LogP contribution in [-0.4, -0.2) is 84.6 Å². The van der Waals surface area contributed by atoms with Crippen LogP contribution in [0.1, 0.15) is 50.7 Å². The van der Waals surface area contributed by atoms with Gasteiger partial charge in [-0.05, 0) is 71.9 Å². The number of hydrogen-bond donors (Lipinski definition) is 4. The van der Waals surface area contributed by atoms with Crippen LogP contribution in [-0.2, 0) is 17.9 Å². The molecular weight excluding hydrogens is 783 g/mol. The molecule has 1 saturated heterocycles. The minimum atomic E-state index is -1.56. The van der Waals surface area contributed by atoms with Gasteiger partial charge in [0.1, 0.15) is 41.1 Å². The van der Waals surface area contributed by atoms with Crippen molar-refractivity contribution in [3.63, 3.8) is 0 Å². The second kappa shape index (κ2) is 18.8. The van der Waals surface area contributed by atoms with E-state index in [0.717, 1.165) is 60.4 Å². The van der Waals surface area contributed by atoms with Gasteiger partial charge in [0.15, 0.2) is 5.65 Å². The molecular formula is C42H39BF4N8O5. The number of amides is 3. The van der Waals surface area contributed by atoms with Crippen molar-refractivity contribution in [3.8, 4) is 11.3 Å². The van der Waals surface area contributed by atoms with Gasteiger partial charge in [0.2, 0.25) is 5.91 Å². The molecule has 0 bridgehead atoms. The third-order valence-corrected chi connectivity index (χ3v) is 9.80. The van der Waals surface area contributed by atoms with Crippen molar-refractivity contribution in [2.24, 2.45) is 0 Å². The number of benzene rings is 4. The molecule has 0 saturated carbocycles. The van der Waals surface area contributed by atoms with Crippen molar-refractivity contribution in [3.05, 3.63) is 149 Å². The number of halogens is 4. The number of carbonyl (C=O) groups excluding carboxylic acids is 3. The summed E-state index contributed by atoms with van der Waals surface area (Å²) < 4.78 is 55.8. The Bertz CT molecular complexity index is 2540. The lowest BCUT2D eigenvalue weighted by Crippen LogP contribution is -2.40. The number of carbonyl (C=O) groups is 3. The Kier molecular flexibility index (Phi) is 13.4. The molecule has 13 nitrogen and oxygen atoms in total. The molecule has 5 N–H and O–H groups in total. The first-order valence-corrected chi connectivity index (χ1v) is 18.6. The Labute approximate surface area is 341 Å². The van der Waals surface area contributed by atoms with E-state index in [-0.39, 0.29) is 36.2 Å². The van der Waals surface area contributed by atoms with Crippen molar-refractivity contribution < 1.29 is 42.0 Å². The molecule has 0 aliphatic carbocycles. The van der Waals surface area contributed by atoms with E-state index in [1.807, 2.05) is 28.9 Å². The molecule has 308 valence electrons. The molecule has 0 spiro atoms. The largest absolute Gasteiger partial charge is 0.488 e. The van der Waals surface area contributed by atoms with Crippen molar-refractivity contribution in [1.82, 2.24) is 34.9 Å². The summed E-state index contributed by atoms with van der Waals surface area (Å²) in [5.74, 6) is -4.12. The van der Waals surface area contributed by atoms with Crippen molar-refractivity contribution in [2.75, 3.05) is 25.9 Å². The van der Waals surface area contributed by atoms with Gasteiger partial charge in [0.05, 0.1) is 22.6 Å². The minimum absolute atomic E-state index is 0.0876. The number of likely N-dealkylation sites (tertiary alicyclic amines) is 1. The lowest BCUT2D eigenvalue weighted by molar-refractivity contribution is -0.127. The summed E-state index contributed by atoms with van der Waals surface area (Å²) in [6.07, 6.45) is 4.36. The second-order valence-electron chi connectivity index (χ2n) is 13.9. The van der Waals surface area contributed by atoms with Crippen LogP contribution in [0.25, 0.3) is 22.3 Å². The molecule has 2 aromatic heterocycles. The Hall–Kier alpha value is -6.92. The number of fused-ring (bicyclic) bond motifs is 1. The van der Waals surface area contributed by atoms with Crippen LogP contribution in [0, 0.1) is 23.3 Å². The summed E-state index contributed by atoms with van der Waals surface area (Å²) in [5.41, 5.74) is 9.32. The predicted molar refractivity (Wildman–Crippen MR) is 216 cm³/mol. The number of nitrogens with one attached hydrogen (secondary N) is 1. The lowest BCUT2D eigenvalue weighted by atomic mass is 9.80. The third-order valence-electron chi connectivity index (χ3n) is 9.80. The van der Waals surface area contributed by atoms with Crippen LogP contribution in [0.5, 0.6) is 0 Å². The summed E-state index contributed by atoms with van der Waals surface area (Å²) in [5, 5.41) is 25.8. The Morgan fingerprint density at radius 2 is 1.55 bits per heavy atom. The highest BCUT2D eigenvalue weighted by Gasteiger charge is 2.28. The van der Waals surface area contributed by atoms with Gasteiger partial charge in [0.25, 0.3) is 11.8 Å². The highest BCUT2D eigenvalue weighted by atomic mass is 19.1. The number of rotatable bonds is 10.